The summed E-state index contributed by atoms with van der Waals surface area (Å²) in [7, 11) is 0. The van der Waals surface area contributed by atoms with Crippen LogP contribution in [0.1, 0.15) is 54.2 Å². The quantitative estimate of drug-likeness (QED) is 0.443. The lowest BCUT2D eigenvalue weighted by atomic mass is 9.76. The van der Waals surface area contributed by atoms with Crippen molar-refractivity contribution in [2.45, 2.75) is 49.6 Å². The van der Waals surface area contributed by atoms with Gasteiger partial charge in [0.25, 0.3) is 0 Å². The van der Waals surface area contributed by atoms with Crippen molar-refractivity contribution in [3.8, 4) is 5.69 Å². The number of hydrogen-bond donors (Lipinski definition) is 1. The summed E-state index contributed by atoms with van der Waals surface area (Å²) >= 11 is 7.20. The van der Waals surface area contributed by atoms with E-state index in [0.717, 1.165) is 60.5 Å². The molecule has 3 aromatic heterocycles. The monoisotopic (exact) mass is 456 g/mol. The number of fused-ring (bicyclic) bond motifs is 4. The van der Waals surface area contributed by atoms with Gasteiger partial charge in [0, 0.05) is 18.7 Å². The summed E-state index contributed by atoms with van der Waals surface area (Å²) in [5, 5.41) is 16.0. The molecule has 31 heavy (non-hydrogen) atoms. The zero-order valence-corrected chi connectivity index (χ0v) is 18.4. The number of pyridine rings is 1. The minimum absolute atomic E-state index is 0. The molecule has 2 aliphatic rings. The fourth-order valence-corrected chi connectivity index (χ4v) is 5.17. The third kappa shape index (κ3) is 3.41. The molecule has 4 heterocycles. The molecule has 6 rings (SSSR count). The summed E-state index contributed by atoms with van der Waals surface area (Å²) in [4.78, 5) is 4.11. The summed E-state index contributed by atoms with van der Waals surface area (Å²) in [6.07, 6.45) is 7.29. The molecule has 1 saturated carbocycles. The van der Waals surface area contributed by atoms with Gasteiger partial charge in [0.1, 0.15) is 17.5 Å². The summed E-state index contributed by atoms with van der Waals surface area (Å²) in [5.41, 5.74) is 6.13. The molecule has 0 amide bonds. The SMILES string of the molecule is Cl.ClC1(c2ccc3c(c2)CNCc2nncn2-3)CCC(c2noc3cccnc23)CC1. The Labute approximate surface area is 190 Å². The second-order valence-electron chi connectivity index (χ2n) is 8.22. The van der Waals surface area contributed by atoms with Crippen LogP contribution in [-0.4, -0.2) is 24.9 Å². The number of hydrogen-bond acceptors (Lipinski definition) is 6. The van der Waals surface area contributed by atoms with E-state index in [-0.39, 0.29) is 17.3 Å². The van der Waals surface area contributed by atoms with Crippen LogP contribution >= 0.6 is 24.0 Å². The van der Waals surface area contributed by atoms with E-state index in [1.807, 2.05) is 12.1 Å². The maximum Gasteiger partial charge on any atom is 0.185 e. The maximum absolute atomic E-state index is 7.20. The number of rotatable bonds is 2. The molecule has 0 unspecified atom stereocenters. The summed E-state index contributed by atoms with van der Waals surface area (Å²) < 4.78 is 7.53. The molecular formula is C22H22Cl2N6O. The molecule has 160 valence electrons. The number of aromatic nitrogens is 5. The lowest BCUT2D eigenvalue weighted by molar-refractivity contribution is 0.342. The Morgan fingerprint density at radius 3 is 2.90 bits per heavy atom. The maximum atomic E-state index is 7.20. The van der Waals surface area contributed by atoms with Crippen molar-refractivity contribution in [2.75, 3.05) is 0 Å². The van der Waals surface area contributed by atoms with Crippen LogP contribution < -0.4 is 5.32 Å². The van der Waals surface area contributed by atoms with E-state index in [2.05, 4.69) is 48.4 Å². The average molecular weight is 457 g/mol. The van der Waals surface area contributed by atoms with Gasteiger partial charge in [-0.2, -0.15) is 0 Å². The van der Waals surface area contributed by atoms with Crippen LogP contribution in [-0.2, 0) is 18.0 Å². The number of alkyl halides is 1. The second-order valence-corrected chi connectivity index (χ2v) is 8.95. The van der Waals surface area contributed by atoms with Gasteiger partial charge in [-0.3, -0.25) is 9.55 Å². The van der Waals surface area contributed by atoms with Crippen LogP contribution in [0.3, 0.4) is 0 Å². The molecule has 1 N–H and O–H groups in total. The van der Waals surface area contributed by atoms with Crippen molar-refractivity contribution in [1.29, 1.82) is 0 Å². The molecule has 0 atom stereocenters. The second kappa shape index (κ2) is 7.89. The van der Waals surface area contributed by atoms with Crippen LogP contribution in [0.5, 0.6) is 0 Å². The molecule has 9 heteroatoms. The summed E-state index contributed by atoms with van der Waals surface area (Å²) in [6.45, 7) is 1.50. The lowest BCUT2D eigenvalue weighted by Gasteiger charge is -2.35. The molecule has 0 bridgehead atoms. The first-order valence-corrected chi connectivity index (χ1v) is 10.7. The van der Waals surface area contributed by atoms with Crippen LogP contribution in [0, 0.1) is 0 Å². The molecule has 7 nitrogen and oxygen atoms in total. The Kier molecular flexibility index (Phi) is 5.20. The normalized spacial score (nSPS) is 22.9. The third-order valence-electron chi connectivity index (χ3n) is 6.49. The van der Waals surface area contributed by atoms with E-state index >= 15 is 0 Å². The topological polar surface area (TPSA) is 81.7 Å². The lowest BCUT2D eigenvalue weighted by Crippen LogP contribution is -2.26. The van der Waals surface area contributed by atoms with Crippen molar-refractivity contribution in [1.82, 2.24) is 30.2 Å². The molecule has 1 aromatic carbocycles. The average Bonchev–Trinajstić information content (AvgIpc) is 3.38. The minimum atomic E-state index is -0.360. The zero-order valence-electron chi connectivity index (χ0n) is 16.8. The van der Waals surface area contributed by atoms with Gasteiger partial charge in [0.05, 0.1) is 17.1 Å². The fraction of sp³-hybridized carbons (Fsp3) is 0.364. The van der Waals surface area contributed by atoms with Crippen molar-refractivity contribution in [3.05, 3.63) is 65.5 Å². The molecule has 0 saturated heterocycles. The predicted molar refractivity (Wildman–Crippen MR) is 120 cm³/mol. The first-order valence-electron chi connectivity index (χ1n) is 10.3. The Morgan fingerprint density at radius 1 is 1.16 bits per heavy atom. The van der Waals surface area contributed by atoms with Crippen molar-refractivity contribution < 1.29 is 4.52 Å². The largest absolute Gasteiger partial charge is 0.354 e. The summed E-state index contributed by atoms with van der Waals surface area (Å²) in [6, 6.07) is 10.3. The van der Waals surface area contributed by atoms with Crippen molar-refractivity contribution >= 4 is 35.1 Å². The van der Waals surface area contributed by atoms with Crippen molar-refractivity contribution in [3.63, 3.8) is 0 Å². The highest BCUT2D eigenvalue weighted by atomic mass is 35.5. The van der Waals surface area contributed by atoms with Crippen LogP contribution in [0.4, 0.5) is 0 Å². The number of halogens is 2. The van der Waals surface area contributed by atoms with Crippen LogP contribution in [0.15, 0.2) is 47.4 Å². The Hall–Kier alpha value is -2.48. The van der Waals surface area contributed by atoms with E-state index in [1.165, 1.54) is 11.1 Å². The van der Waals surface area contributed by atoms with Gasteiger partial charge in [-0.1, -0.05) is 17.3 Å². The third-order valence-corrected chi connectivity index (χ3v) is 7.09. The minimum Gasteiger partial charge on any atom is -0.354 e. The standard InChI is InChI=1S/C22H21ClN6O.ClH/c23-22(7-5-14(6-8-22)20-21-18(30-28-20)2-1-9-25-21)16-3-4-17-15(10-16)11-24-12-19-27-26-13-29(17)19;/h1-4,9-10,13-14,24H,5-8,11-12H2;1H. The molecule has 0 radical (unpaired) electrons. The molecule has 4 aromatic rings. The van der Waals surface area contributed by atoms with Gasteiger partial charge in [0.15, 0.2) is 11.4 Å². The highest BCUT2D eigenvalue weighted by Crippen LogP contribution is 2.48. The first kappa shape index (κ1) is 20.4. The van der Waals surface area contributed by atoms with Gasteiger partial charge >= 0.3 is 0 Å². The molecule has 0 spiro atoms. The zero-order chi connectivity index (χ0) is 20.1. The molecule has 1 aliphatic carbocycles. The molecule has 1 fully saturated rings. The number of benzene rings is 1. The van der Waals surface area contributed by atoms with Gasteiger partial charge < -0.3 is 9.84 Å². The number of nitrogens with one attached hydrogen (secondary N) is 1. The van der Waals surface area contributed by atoms with Gasteiger partial charge in [-0.05, 0) is 55.0 Å². The predicted octanol–water partition coefficient (Wildman–Crippen LogP) is 4.62. The fourth-order valence-electron chi connectivity index (χ4n) is 4.83. The summed E-state index contributed by atoms with van der Waals surface area (Å²) in [5.74, 6) is 1.26. The molecular weight excluding hydrogens is 435 g/mol. The van der Waals surface area contributed by atoms with E-state index < -0.39 is 0 Å². The first-order chi connectivity index (χ1) is 14.7. The highest BCUT2D eigenvalue weighted by Gasteiger charge is 2.37. The van der Waals surface area contributed by atoms with E-state index in [0.29, 0.717) is 12.5 Å². The van der Waals surface area contributed by atoms with Crippen molar-refractivity contribution in [2.24, 2.45) is 0 Å². The smallest absolute Gasteiger partial charge is 0.185 e. The Balaban J connectivity index is 0.00000204. The highest BCUT2D eigenvalue weighted by molar-refractivity contribution is 6.24. The van der Waals surface area contributed by atoms with Gasteiger partial charge in [-0.15, -0.1) is 34.2 Å². The van der Waals surface area contributed by atoms with Gasteiger partial charge in [-0.25, -0.2) is 0 Å². The Bertz CT molecular complexity index is 1230. The molecule has 1 aliphatic heterocycles. The van der Waals surface area contributed by atoms with E-state index in [4.69, 9.17) is 16.1 Å². The van der Waals surface area contributed by atoms with E-state index in [1.54, 1.807) is 12.5 Å². The van der Waals surface area contributed by atoms with E-state index in [9.17, 15) is 0 Å². The van der Waals surface area contributed by atoms with Gasteiger partial charge in [0.2, 0.25) is 0 Å². The Morgan fingerprint density at radius 2 is 2.03 bits per heavy atom. The van der Waals surface area contributed by atoms with Crippen LogP contribution in [0.2, 0.25) is 0 Å². The number of nitrogens with zero attached hydrogens (tertiary/aromatic N) is 5. The van der Waals surface area contributed by atoms with Crippen LogP contribution in [0.25, 0.3) is 16.8 Å².